The van der Waals surface area contributed by atoms with Gasteiger partial charge in [-0.05, 0) is 18.8 Å². The highest BCUT2D eigenvalue weighted by Gasteiger charge is 2.23. The number of hydroxylamine groups is 2. The Labute approximate surface area is 91.7 Å². The maximum Gasteiger partial charge on any atom is 0.247 e. The number of nitrogens with zero attached hydrogens (tertiary/aromatic N) is 1. The van der Waals surface area contributed by atoms with Crippen molar-refractivity contribution >= 4 is 5.91 Å². The van der Waals surface area contributed by atoms with Crippen molar-refractivity contribution in [3.63, 3.8) is 0 Å². The molecule has 4 nitrogen and oxygen atoms in total. The van der Waals surface area contributed by atoms with Crippen LogP contribution in [-0.4, -0.2) is 31.2 Å². The topological polar surface area (TPSA) is 55.6 Å². The highest BCUT2D eigenvalue weighted by Crippen LogP contribution is 2.26. The zero-order chi connectivity index (χ0) is 11.3. The highest BCUT2D eigenvalue weighted by atomic mass is 16.7. The van der Waals surface area contributed by atoms with Crippen molar-refractivity contribution in [1.82, 2.24) is 5.06 Å². The second-order valence-electron chi connectivity index (χ2n) is 4.34. The number of hydrogen-bond acceptors (Lipinski definition) is 3. The average Bonchev–Trinajstić information content (AvgIpc) is 2.29. The van der Waals surface area contributed by atoms with Crippen LogP contribution in [0.3, 0.4) is 0 Å². The Hall–Kier alpha value is -0.610. The van der Waals surface area contributed by atoms with Gasteiger partial charge in [0.2, 0.25) is 5.91 Å². The van der Waals surface area contributed by atoms with E-state index in [0.29, 0.717) is 12.3 Å². The van der Waals surface area contributed by atoms with Crippen molar-refractivity contribution in [3.8, 4) is 0 Å². The Morgan fingerprint density at radius 1 is 1.47 bits per heavy atom. The average molecular weight is 214 g/mol. The summed E-state index contributed by atoms with van der Waals surface area (Å²) < 4.78 is 0. The van der Waals surface area contributed by atoms with E-state index in [2.05, 4.69) is 0 Å². The van der Waals surface area contributed by atoms with Gasteiger partial charge in [0.25, 0.3) is 0 Å². The first-order chi connectivity index (χ1) is 7.15. The fraction of sp³-hybridized carbons (Fsp3) is 0.909. The van der Waals surface area contributed by atoms with Gasteiger partial charge < -0.3 is 5.73 Å². The molecule has 1 unspecified atom stereocenters. The molecule has 1 aliphatic rings. The minimum atomic E-state index is -0.0319. The van der Waals surface area contributed by atoms with Gasteiger partial charge in [0.15, 0.2) is 0 Å². The number of hydrogen-bond donors (Lipinski definition) is 1. The first kappa shape index (κ1) is 12.5. The molecule has 1 atom stereocenters. The van der Waals surface area contributed by atoms with Gasteiger partial charge in [0.1, 0.15) is 0 Å². The fourth-order valence-corrected chi connectivity index (χ4v) is 2.16. The van der Waals surface area contributed by atoms with E-state index in [9.17, 15) is 4.79 Å². The lowest BCUT2D eigenvalue weighted by atomic mass is 9.83. The fourth-order valence-electron chi connectivity index (χ4n) is 2.16. The molecule has 1 amide bonds. The normalized spacial score (nSPS) is 19.9. The molecule has 1 saturated carbocycles. The highest BCUT2D eigenvalue weighted by molar-refractivity contribution is 5.75. The lowest BCUT2D eigenvalue weighted by molar-refractivity contribution is -0.169. The molecule has 1 aliphatic carbocycles. The van der Waals surface area contributed by atoms with Gasteiger partial charge in [-0.25, -0.2) is 5.06 Å². The lowest BCUT2D eigenvalue weighted by Crippen LogP contribution is -2.38. The third-order valence-corrected chi connectivity index (χ3v) is 3.29. The van der Waals surface area contributed by atoms with Crippen LogP contribution < -0.4 is 5.73 Å². The van der Waals surface area contributed by atoms with Crippen LogP contribution in [0, 0.1) is 5.92 Å². The standard InChI is InChI=1S/C11H22N2O2/c1-13(15-2)11(14)8-10(12)9-6-4-3-5-7-9/h9-10H,3-8,12H2,1-2H3. The Morgan fingerprint density at radius 2 is 2.07 bits per heavy atom. The van der Waals surface area contributed by atoms with E-state index in [1.165, 1.54) is 44.3 Å². The Bertz CT molecular complexity index is 203. The Balaban J connectivity index is 2.33. The van der Waals surface area contributed by atoms with Gasteiger partial charge in [-0.1, -0.05) is 19.3 Å². The summed E-state index contributed by atoms with van der Waals surface area (Å²) in [5.74, 6) is 0.489. The second-order valence-corrected chi connectivity index (χ2v) is 4.34. The summed E-state index contributed by atoms with van der Waals surface area (Å²) in [4.78, 5) is 16.4. The minimum absolute atomic E-state index is 0.00426. The lowest BCUT2D eigenvalue weighted by Gasteiger charge is -2.27. The summed E-state index contributed by atoms with van der Waals surface area (Å²) in [6.45, 7) is 0. The van der Waals surface area contributed by atoms with E-state index in [4.69, 9.17) is 10.6 Å². The van der Waals surface area contributed by atoms with Gasteiger partial charge in [0, 0.05) is 19.5 Å². The van der Waals surface area contributed by atoms with Crippen molar-refractivity contribution in [3.05, 3.63) is 0 Å². The van der Waals surface area contributed by atoms with Crippen molar-refractivity contribution in [2.24, 2.45) is 11.7 Å². The minimum Gasteiger partial charge on any atom is -0.327 e. The van der Waals surface area contributed by atoms with E-state index in [1.807, 2.05) is 0 Å². The number of nitrogens with two attached hydrogens (primary N) is 1. The van der Waals surface area contributed by atoms with Crippen LogP contribution in [0.15, 0.2) is 0 Å². The SMILES string of the molecule is CON(C)C(=O)CC(N)C1CCCCC1. The summed E-state index contributed by atoms with van der Waals surface area (Å²) >= 11 is 0. The molecule has 0 radical (unpaired) electrons. The number of rotatable bonds is 4. The molecule has 0 spiro atoms. The first-order valence-electron chi connectivity index (χ1n) is 5.71. The molecule has 0 heterocycles. The molecule has 0 aromatic rings. The molecular formula is C11H22N2O2. The van der Waals surface area contributed by atoms with Gasteiger partial charge in [-0.2, -0.15) is 0 Å². The second kappa shape index (κ2) is 6.08. The molecule has 2 N–H and O–H groups in total. The third kappa shape index (κ3) is 3.80. The molecule has 4 heteroatoms. The van der Waals surface area contributed by atoms with E-state index in [0.717, 1.165) is 0 Å². The summed E-state index contributed by atoms with van der Waals surface area (Å²) in [5.41, 5.74) is 6.04. The van der Waals surface area contributed by atoms with Crippen LogP contribution in [0.4, 0.5) is 0 Å². The molecule has 1 rings (SSSR count). The predicted octanol–water partition coefficient (Wildman–Crippen LogP) is 1.30. The Morgan fingerprint density at radius 3 is 2.60 bits per heavy atom. The summed E-state index contributed by atoms with van der Waals surface area (Å²) in [6, 6.07) is -0.00426. The van der Waals surface area contributed by atoms with Crippen LogP contribution in [0.1, 0.15) is 38.5 Å². The quantitative estimate of drug-likeness (QED) is 0.718. The maximum atomic E-state index is 11.5. The molecule has 15 heavy (non-hydrogen) atoms. The van der Waals surface area contributed by atoms with Crippen molar-refractivity contribution in [2.75, 3.05) is 14.2 Å². The predicted molar refractivity (Wildman–Crippen MR) is 58.9 cm³/mol. The van der Waals surface area contributed by atoms with Crippen molar-refractivity contribution in [1.29, 1.82) is 0 Å². The molecular weight excluding hydrogens is 192 g/mol. The first-order valence-corrected chi connectivity index (χ1v) is 5.71. The van der Waals surface area contributed by atoms with Crippen LogP contribution in [0.5, 0.6) is 0 Å². The number of carbonyl (C=O) groups is 1. The monoisotopic (exact) mass is 214 g/mol. The van der Waals surface area contributed by atoms with Crippen molar-refractivity contribution in [2.45, 2.75) is 44.6 Å². The zero-order valence-electron chi connectivity index (χ0n) is 9.74. The van der Waals surface area contributed by atoms with Crippen LogP contribution in [0.25, 0.3) is 0 Å². The van der Waals surface area contributed by atoms with Gasteiger partial charge in [-0.3, -0.25) is 9.63 Å². The molecule has 88 valence electrons. The van der Waals surface area contributed by atoms with Gasteiger partial charge in [-0.15, -0.1) is 0 Å². The molecule has 0 aromatic heterocycles. The molecule has 0 bridgehead atoms. The third-order valence-electron chi connectivity index (χ3n) is 3.29. The summed E-state index contributed by atoms with van der Waals surface area (Å²) in [5, 5.41) is 1.25. The largest absolute Gasteiger partial charge is 0.327 e. The number of amides is 1. The summed E-state index contributed by atoms with van der Waals surface area (Å²) in [7, 11) is 3.11. The molecule has 1 fully saturated rings. The number of carbonyl (C=O) groups excluding carboxylic acids is 1. The van der Waals surface area contributed by atoms with E-state index in [-0.39, 0.29) is 11.9 Å². The van der Waals surface area contributed by atoms with E-state index in [1.54, 1.807) is 7.05 Å². The van der Waals surface area contributed by atoms with Gasteiger partial charge >= 0.3 is 0 Å². The van der Waals surface area contributed by atoms with E-state index >= 15 is 0 Å². The molecule has 0 saturated heterocycles. The van der Waals surface area contributed by atoms with Crippen LogP contribution in [0.2, 0.25) is 0 Å². The van der Waals surface area contributed by atoms with Crippen LogP contribution >= 0.6 is 0 Å². The molecule has 0 aliphatic heterocycles. The molecule has 0 aromatic carbocycles. The zero-order valence-corrected chi connectivity index (χ0v) is 9.74. The van der Waals surface area contributed by atoms with Crippen LogP contribution in [-0.2, 0) is 9.63 Å². The van der Waals surface area contributed by atoms with Gasteiger partial charge in [0.05, 0.1) is 7.11 Å². The van der Waals surface area contributed by atoms with E-state index < -0.39 is 0 Å². The maximum absolute atomic E-state index is 11.5. The summed E-state index contributed by atoms with van der Waals surface area (Å²) in [6.07, 6.45) is 6.57. The van der Waals surface area contributed by atoms with Crippen molar-refractivity contribution < 1.29 is 9.63 Å². The Kier molecular flexibility index (Phi) is 5.05. The smallest absolute Gasteiger partial charge is 0.247 e.